The average Bonchev–Trinajstić information content (AvgIpc) is 2.11. The van der Waals surface area contributed by atoms with E-state index in [4.69, 9.17) is 5.73 Å². The first-order valence-electron chi connectivity index (χ1n) is 4.19. The first kappa shape index (κ1) is 11.0. The molecule has 0 saturated heterocycles. The Labute approximate surface area is 83.3 Å². The van der Waals surface area contributed by atoms with E-state index in [9.17, 15) is 8.60 Å². The van der Waals surface area contributed by atoms with Gasteiger partial charge in [-0.3, -0.25) is 0 Å². The third-order valence-electron chi connectivity index (χ3n) is 1.81. The minimum atomic E-state index is -2.21. The molecule has 1 unspecified atom stereocenters. The van der Waals surface area contributed by atoms with Crippen LogP contribution in [-0.4, -0.2) is 16.2 Å². The van der Waals surface area contributed by atoms with E-state index in [0.29, 0.717) is 11.4 Å². The highest BCUT2D eigenvalue weighted by Gasteiger charge is 2.01. The lowest BCUT2D eigenvalue weighted by Crippen LogP contribution is -1.98. The molecule has 1 aromatic carbocycles. The molecule has 14 heavy (non-hydrogen) atoms. The van der Waals surface area contributed by atoms with Gasteiger partial charge in [0.05, 0.1) is 11.4 Å². The highest BCUT2D eigenvalue weighted by Crippen LogP contribution is 2.20. The van der Waals surface area contributed by atoms with Crippen molar-refractivity contribution in [2.75, 3.05) is 17.7 Å². The molecule has 5 heteroatoms. The number of hydrogen-bond donors (Lipinski definition) is 1. The molecule has 0 aliphatic heterocycles. The number of rotatable bonds is 2. The van der Waals surface area contributed by atoms with Crippen LogP contribution in [0.4, 0.5) is 15.8 Å². The lowest BCUT2D eigenvalue weighted by Gasteiger charge is -2.01. The van der Waals surface area contributed by atoms with E-state index in [2.05, 4.69) is 4.36 Å². The highest BCUT2D eigenvalue weighted by molar-refractivity contribution is 7.93. The molecule has 1 atom stereocenters. The van der Waals surface area contributed by atoms with Crippen LogP contribution in [0.25, 0.3) is 0 Å². The summed E-state index contributed by atoms with van der Waals surface area (Å²) in [6, 6.07) is 4.07. The Morgan fingerprint density at radius 2 is 2.21 bits per heavy atom. The normalized spacial score (nSPS) is 14.8. The molecule has 0 heterocycles. The number of anilines is 1. The molecule has 0 spiro atoms. The zero-order valence-electron chi connectivity index (χ0n) is 8.16. The van der Waals surface area contributed by atoms with Gasteiger partial charge in [-0.25, -0.2) is 8.60 Å². The van der Waals surface area contributed by atoms with E-state index in [0.717, 1.165) is 0 Å². The molecule has 1 rings (SSSR count). The van der Waals surface area contributed by atoms with Gasteiger partial charge < -0.3 is 5.73 Å². The molecular formula is C9H13FN2OS. The molecule has 78 valence electrons. The molecular weight excluding hydrogens is 203 g/mol. The van der Waals surface area contributed by atoms with Gasteiger partial charge in [0.2, 0.25) is 0 Å². The van der Waals surface area contributed by atoms with Crippen molar-refractivity contribution in [2.24, 2.45) is 4.36 Å². The number of nitrogens with two attached hydrogens (primary N) is 1. The van der Waals surface area contributed by atoms with Gasteiger partial charge in [0, 0.05) is 21.7 Å². The van der Waals surface area contributed by atoms with Crippen molar-refractivity contribution in [1.82, 2.24) is 0 Å². The predicted octanol–water partition coefficient (Wildman–Crippen LogP) is 2.16. The standard InChI is InChI=1S/C9H13FN2OS/c1-3-14(2,13)12-7-4-5-8(10)9(11)6-7/h4-6H,3,11H2,1-2H3. The Morgan fingerprint density at radius 1 is 1.57 bits per heavy atom. The summed E-state index contributed by atoms with van der Waals surface area (Å²) < 4.78 is 28.4. The third-order valence-corrected chi connectivity index (χ3v) is 3.48. The summed E-state index contributed by atoms with van der Waals surface area (Å²) >= 11 is 0. The smallest absolute Gasteiger partial charge is 0.146 e. The summed E-state index contributed by atoms with van der Waals surface area (Å²) in [5.74, 6) is -0.0207. The minimum absolute atomic E-state index is 0.0255. The van der Waals surface area contributed by atoms with Crippen LogP contribution in [0.2, 0.25) is 0 Å². The van der Waals surface area contributed by atoms with Gasteiger partial charge in [-0.2, -0.15) is 4.36 Å². The van der Waals surface area contributed by atoms with Crippen molar-refractivity contribution in [1.29, 1.82) is 0 Å². The van der Waals surface area contributed by atoms with Crippen LogP contribution in [0, 0.1) is 5.82 Å². The van der Waals surface area contributed by atoms with Crippen LogP contribution in [-0.2, 0) is 9.73 Å². The molecule has 2 N–H and O–H groups in total. The first-order valence-corrected chi connectivity index (χ1v) is 6.28. The van der Waals surface area contributed by atoms with Gasteiger partial charge in [0.1, 0.15) is 5.82 Å². The first-order chi connectivity index (χ1) is 6.44. The summed E-state index contributed by atoms with van der Waals surface area (Å²) in [7, 11) is -2.21. The van der Waals surface area contributed by atoms with Gasteiger partial charge in [-0.1, -0.05) is 6.92 Å². The fourth-order valence-corrected chi connectivity index (χ4v) is 1.56. The van der Waals surface area contributed by atoms with Gasteiger partial charge in [0.25, 0.3) is 0 Å². The average molecular weight is 216 g/mol. The Hall–Kier alpha value is -1.10. The van der Waals surface area contributed by atoms with Crippen molar-refractivity contribution in [3.63, 3.8) is 0 Å². The lowest BCUT2D eigenvalue weighted by molar-refractivity contribution is 0.632. The third kappa shape index (κ3) is 2.70. The molecule has 0 aromatic heterocycles. The Balaban J connectivity index is 3.18. The molecule has 0 radical (unpaired) electrons. The predicted molar refractivity (Wildman–Crippen MR) is 57.5 cm³/mol. The van der Waals surface area contributed by atoms with Crippen LogP contribution in [0.5, 0.6) is 0 Å². The monoisotopic (exact) mass is 216 g/mol. The van der Waals surface area contributed by atoms with Gasteiger partial charge in [-0.15, -0.1) is 0 Å². The number of benzene rings is 1. The summed E-state index contributed by atoms with van der Waals surface area (Å²) in [6.45, 7) is 1.79. The molecule has 0 saturated carbocycles. The second-order valence-electron chi connectivity index (χ2n) is 3.05. The largest absolute Gasteiger partial charge is 0.396 e. The van der Waals surface area contributed by atoms with Crippen LogP contribution < -0.4 is 5.73 Å². The summed E-state index contributed by atoms with van der Waals surface area (Å²) in [4.78, 5) is 0. The molecule has 3 nitrogen and oxygen atoms in total. The minimum Gasteiger partial charge on any atom is -0.396 e. The molecule has 0 aliphatic carbocycles. The zero-order chi connectivity index (χ0) is 10.8. The van der Waals surface area contributed by atoms with Crippen LogP contribution in [0.3, 0.4) is 0 Å². The maximum atomic E-state index is 12.8. The van der Waals surface area contributed by atoms with Crippen molar-refractivity contribution in [3.8, 4) is 0 Å². The summed E-state index contributed by atoms with van der Waals surface area (Å²) in [5, 5.41) is 0. The van der Waals surface area contributed by atoms with Gasteiger partial charge >= 0.3 is 0 Å². The SMILES string of the molecule is CCS(C)(=O)=Nc1ccc(F)c(N)c1. The summed E-state index contributed by atoms with van der Waals surface area (Å²) in [6.07, 6.45) is 1.56. The lowest BCUT2D eigenvalue weighted by atomic mass is 10.3. The van der Waals surface area contributed by atoms with E-state index in [-0.39, 0.29) is 5.69 Å². The van der Waals surface area contributed by atoms with Crippen molar-refractivity contribution in [2.45, 2.75) is 6.92 Å². The van der Waals surface area contributed by atoms with E-state index in [1.807, 2.05) is 0 Å². The maximum absolute atomic E-state index is 12.8. The quantitative estimate of drug-likeness (QED) is 0.770. The van der Waals surface area contributed by atoms with Gasteiger partial charge in [-0.05, 0) is 18.2 Å². The number of halogens is 1. The number of nitrogens with zero attached hydrogens (tertiary/aromatic N) is 1. The second kappa shape index (κ2) is 3.96. The van der Waals surface area contributed by atoms with Gasteiger partial charge in [0.15, 0.2) is 0 Å². The van der Waals surface area contributed by atoms with Crippen LogP contribution >= 0.6 is 0 Å². The number of hydrogen-bond acceptors (Lipinski definition) is 3. The van der Waals surface area contributed by atoms with E-state index >= 15 is 0 Å². The summed E-state index contributed by atoms with van der Waals surface area (Å²) in [5.41, 5.74) is 5.84. The Kier molecular flexibility index (Phi) is 3.10. The Bertz CT molecular complexity index is 450. The van der Waals surface area contributed by atoms with E-state index in [1.165, 1.54) is 18.2 Å². The topological polar surface area (TPSA) is 55.5 Å². The molecule has 1 aromatic rings. The molecule has 0 fully saturated rings. The molecule has 0 bridgehead atoms. The van der Waals surface area contributed by atoms with Crippen LogP contribution in [0.1, 0.15) is 6.92 Å². The molecule has 0 aliphatic rings. The number of nitrogen functional groups attached to an aromatic ring is 1. The molecule has 0 amide bonds. The fraction of sp³-hybridized carbons (Fsp3) is 0.333. The Morgan fingerprint density at radius 3 is 2.71 bits per heavy atom. The van der Waals surface area contributed by atoms with E-state index in [1.54, 1.807) is 13.2 Å². The zero-order valence-corrected chi connectivity index (χ0v) is 8.97. The second-order valence-corrected chi connectivity index (χ2v) is 5.72. The maximum Gasteiger partial charge on any atom is 0.146 e. The van der Waals surface area contributed by atoms with E-state index < -0.39 is 15.5 Å². The highest BCUT2D eigenvalue weighted by atomic mass is 32.2. The van der Waals surface area contributed by atoms with Crippen molar-refractivity contribution < 1.29 is 8.60 Å². The van der Waals surface area contributed by atoms with Crippen molar-refractivity contribution in [3.05, 3.63) is 24.0 Å². The van der Waals surface area contributed by atoms with Crippen molar-refractivity contribution >= 4 is 21.1 Å². The fourth-order valence-electron chi connectivity index (χ4n) is 0.875. The van der Waals surface area contributed by atoms with Crippen LogP contribution in [0.15, 0.2) is 22.6 Å².